The highest BCUT2D eigenvalue weighted by Gasteiger charge is 2.46. The maximum Gasteiger partial charge on any atom is 0.130 e. The van der Waals surface area contributed by atoms with Crippen LogP contribution in [-0.4, -0.2) is 10.7 Å². The molecule has 0 radical (unpaired) electrons. The second kappa shape index (κ2) is 12.8. The van der Waals surface area contributed by atoms with Crippen molar-refractivity contribution in [3.8, 4) is 22.6 Å². The van der Waals surface area contributed by atoms with Crippen LogP contribution in [-0.2, 0) is 5.41 Å². The lowest BCUT2D eigenvalue weighted by molar-refractivity contribution is 0.274. The Kier molecular flexibility index (Phi) is 7.27. The Bertz CT molecular complexity index is 3080. The summed E-state index contributed by atoms with van der Waals surface area (Å²) in [5, 5.41) is 2.45. The van der Waals surface area contributed by atoms with E-state index in [1.54, 1.807) is 0 Å². The number of allylic oxidation sites excluding steroid dienone is 2. The summed E-state index contributed by atoms with van der Waals surface area (Å²) in [6, 6.07) is 73.2. The van der Waals surface area contributed by atoms with Crippen molar-refractivity contribution in [2.75, 3.05) is 4.90 Å². The summed E-state index contributed by atoms with van der Waals surface area (Å²) < 4.78 is 9.06. The Morgan fingerprint density at radius 3 is 1.88 bits per heavy atom. The molecule has 0 fully saturated rings. The summed E-state index contributed by atoms with van der Waals surface area (Å²) >= 11 is 0. The van der Waals surface area contributed by atoms with E-state index in [1.807, 2.05) is 0 Å². The predicted octanol–water partition coefficient (Wildman–Crippen LogP) is 13.4. The van der Waals surface area contributed by atoms with Gasteiger partial charge in [0.1, 0.15) is 11.9 Å². The van der Waals surface area contributed by atoms with Crippen LogP contribution in [0.2, 0.25) is 0 Å². The van der Waals surface area contributed by atoms with Crippen LogP contribution < -0.4 is 9.64 Å². The first-order valence-electron chi connectivity index (χ1n) is 20.2. The maximum absolute atomic E-state index is 6.67. The molecule has 0 spiro atoms. The van der Waals surface area contributed by atoms with Crippen LogP contribution in [0.3, 0.4) is 0 Å². The smallest absolute Gasteiger partial charge is 0.130 e. The number of para-hydroxylation sites is 3. The van der Waals surface area contributed by atoms with Crippen molar-refractivity contribution in [1.29, 1.82) is 0 Å². The zero-order valence-electron chi connectivity index (χ0n) is 31.8. The van der Waals surface area contributed by atoms with Crippen molar-refractivity contribution in [3.63, 3.8) is 0 Å². The minimum absolute atomic E-state index is 0.0602. The van der Waals surface area contributed by atoms with E-state index in [-0.39, 0.29) is 6.10 Å². The average molecular weight is 743 g/mol. The summed E-state index contributed by atoms with van der Waals surface area (Å²) in [5.74, 6) is 0.959. The zero-order valence-corrected chi connectivity index (χ0v) is 31.8. The molecule has 274 valence electrons. The fraction of sp³-hybridized carbons (Fsp3) is 0.0545. The Balaban J connectivity index is 1.11. The highest BCUT2D eigenvalue weighted by molar-refractivity contribution is 6.10. The molecule has 8 aromatic carbocycles. The number of rotatable bonds is 6. The lowest BCUT2D eigenvalue weighted by Crippen LogP contribution is -2.29. The summed E-state index contributed by atoms with van der Waals surface area (Å²) in [6.45, 7) is 0. The van der Waals surface area contributed by atoms with Gasteiger partial charge >= 0.3 is 0 Å². The van der Waals surface area contributed by atoms with E-state index in [9.17, 15) is 0 Å². The van der Waals surface area contributed by atoms with Gasteiger partial charge < -0.3 is 14.2 Å². The van der Waals surface area contributed by atoms with Crippen LogP contribution in [0.5, 0.6) is 5.75 Å². The Hall–Kier alpha value is -7.36. The number of anilines is 2. The summed E-state index contributed by atoms with van der Waals surface area (Å²) in [4.78, 5) is 2.48. The third kappa shape index (κ3) is 4.74. The molecule has 1 aliphatic heterocycles. The number of ether oxygens (including phenoxy) is 1. The monoisotopic (exact) mass is 742 g/mol. The van der Waals surface area contributed by atoms with Gasteiger partial charge in [0.2, 0.25) is 0 Å². The Labute approximate surface area is 338 Å². The first kappa shape index (κ1) is 32.8. The molecule has 0 saturated carbocycles. The molecule has 1 aromatic heterocycles. The van der Waals surface area contributed by atoms with Crippen molar-refractivity contribution in [2.24, 2.45) is 0 Å². The minimum Gasteiger partial charge on any atom is -0.485 e. The molecule has 3 heteroatoms. The lowest BCUT2D eigenvalue weighted by Gasteiger charge is -2.35. The summed E-state index contributed by atoms with van der Waals surface area (Å²) in [5.41, 5.74) is 16.5. The molecular formula is C55H38N2O. The SMILES string of the molecule is C1=C2c3ccccc3OC2CC(N(c2ccc3c(c2)C(c2ccccc2)(c2ccccc2)c2ccccc2-3)c2ccc3c(c2)c2ccccc2n3-c2ccccc2)=C1. The number of hydrogen-bond acceptors (Lipinski definition) is 2. The van der Waals surface area contributed by atoms with Gasteiger partial charge in [0.25, 0.3) is 0 Å². The largest absolute Gasteiger partial charge is 0.485 e. The van der Waals surface area contributed by atoms with Gasteiger partial charge in [-0.1, -0.05) is 152 Å². The summed E-state index contributed by atoms with van der Waals surface area (Å²) in [7, 11) is 0. The normalized spacial score (nSPS) is 15.8. The van der Waals surface area contributed by atoms with E-state index in [0.29, 0.717) is 0 Å². The van der Waals surface area contributed by atoms with Gasteiger partial charge in [-0.25, -0.2) is 0 Å². The van der Waals surface area contributed by atoms with Crippen LogP contribution in [0.15, 0.2) is 218 Å². The number of nitrogens with zero attached hydrogens (tertiary/aromatic N) is 2. The zero-order chi connectivity index (χ0) is 38.2. The first-order valence-corrected chi connectivity index (χ1v) is 20.2. The number of benzene rings is 8. The maximum atomic E-state index is 6.67. The number of hydrogen-bond donors (Lipinski definition) is 0. The van der Waals surface area contributed by atoms with Crippen molar-refractivity contribution in [3.05, 3.63) is 246 Å². The molecule has 2 heterocycles. The molecule has 1 atom stereocenters. The third-order valence-corrected chi connectivity index (χ3v) is 12.6. The average Bonchev–Trinajstić information content (AvgIpc) is 3.93. The van der Waals surface area contributed by atoms with E-state index in [1.165, 1.54) is 72.0 Å². The van der Waals surface area contributed by atoms with Gasteiger partial charge in [0.05, 0.1) is 16.4 Å². The predicted molar refractivity (Wildman–Crippen MR) is 238 cm³/mol. The third-order valence-electron chi connectivity index (χ3n) is 12.6. The van der Waals surface area contributed by atoms with Crippen molar-refractivity contribution in [1.82, 2.24) is 4.57 Å². The molecule has 12 rings (SSSR count). The first-order chi connectivity index (χ1) is 28.8. The number of aromatic nitrogens is 1. The van der Waals surface area contributed by atoms with E-state index in [0.717, 1.165) is 29.2 Å². The molecular weight excluding hydrogens is 705 g/mol. The fourth-order valence-corrected chi connectivity index (χ4v) is 10.2. The highest BCUT2D eigenvalue weighted by atomic mass is 16.5. The molecule has 9 aromatic rings. The number of fused-ring (bicyclic) bond motifs is 9. The highest BCUT2D eigenvalue weighted by Crippen LogP contribution is 2.57. The Morgan fingerprint density at radius 2 is 1.09 bits per heavy atom. The van der Waals surface area contributed by atoms with Crippen LogP contribution >= 0.6 is 0 Å². The standard InChI is InChI=1S/C55H38N2O/c1-4-16-37(17-5-1)55(38-18-6-2-7-19-38)49-25-13-10-22-43(49)44-31-28-41(35-50(44)55)56(42-29-32-47-46-24-12-15-27-53(46)58-54(47)36-42)40-30-33-52-48(34-40)45-23-11-14-26-51(45)57(52)39-20-8-3-9-21-39/h1-35,54H,36H2. The van der Waals surface area contributed by atoms with Gasteiger partial charge in [-0.05, 0) is 94.1 Å². The van der Waals surface area contributed by atoms with Crippen LogP contribution in [0.4, 0.5) is 11.4 Å². The molecule has 0 N–H and O–H groups in total. The minimum atomic E-state index is -0.507. The molecule has 58 heavy (non-hydrogen) atoms. The fourth-order valence-electron chi connectivity index (χ4n) is 10.2. The van der Waals surface area contributed by atoms with Gasteiger partial charge in [-0.15, -0.1) is 0 Å². The molecule has 0 amide bonds. The second-order valence-electron chi connectivity index (χ2n) is 15.6. The molecule has 3 aliphatic rings. The molecule has 0 saturated heterocycles. The van der Waals surface area contributed by atoms with Gasteiger partial charge in [-0.3, -0.25) is 0 Å². The molecule has 2 aliphatic carbocycles. The van der Waals surface area contributed by atoms with Crippen molar-refractivity contribution < 1.29 is 4.74 Å². The van der Waals surface area contributed by atoms with Crippen LogP contribution in [0.25, 0.3) is 44.2 Å². The second-order valence-corrected chi connectivity index (χ2v) is 15.6. The van der Waals surface area contributed by atoms with Crippen LogP contribution in [0.1, 0.15) is 34.2 Å². The molecule has 3 nitrogen and oxygen atoms in total. The quantitative estimate of drug-likeness (QED) is 0.169. The molecule has 0 bridgehead atoms. The van der Waals surface area contributed by atoms with Crippen LogP contribution in [0, 0.1) is 0 Å². The van der Waals surface area contributed by atoms with Gasteiger partial charge in [0, 0.05) is 51.1 Å². The van der Waals surface area contributed by atoms with E-state index in [4.69, 9.17) is 4.74 Å². The molecule has 1 unspecified atom stereocenters. The van der Waals surface area contributed by atoms with Gasteiger partial charge in [0.15, 0.2) is 0 Å². The lowest BCUT2D eigenvalue weighted by atomic mass is 9.67. The Morgan fingerprint density at radius 1 is 0.483 bits per heavy atom. The van der Waals surface area contributed by atoms with Gasteiger partial charge in [-0.2, -0.15) is 0 Å². The van der Waals surface area contributed by atoms with Crippen molar-refractivity contribution in [2.45, 2.75) is 17.9 Å². The van der Waals surface area contributed by atoms with E-state index < -0.39 is 5.41 Å². The topological polar surface area (TPSA) is 17.4 Å². The van der Waals surface area contributed by atoms with E-state index in [2.05, 4.69) is 222 Å². The van der Waals surface area contributed by atoms with E-state index >= 15 is 0 Å². The summed E-state index contributed by atoms with van der Waals surface area (Å²) in [6.07, 6.45) is 5.28. The van der Waals surface area contributed by atoms with Crippen molar-refractivity contribution >= 4 is 38.8 Å².